The van der Waals surface area contributed by atoms with E-state index in [4.69, 9.17) is 4.42 Å². The Morgan fingerprint density at radius 3 is 3.04 bits per heavy atom. The van der Waals surface area contributed by atoms with Gasteiger partial charge in [-0.2, -0.15) is 0 Å². The molecule has 2 aliphatic rings. The van der Waals surface area contributed by atoms with Crippen molar-refractivity contribution < 1.29 is 14.3 Å². The molecule has 0 bridgehead atoms. The fourth-order valence-electron chi connectivity index (χ4n) is 3.79. The van der Waals surface area contributed by atoms with Gasteiger partial charge in [0, 0.05) is 29.7 Å². The van der Waals surface area contributed by atoms with Gasteiger partial charge in [-0.1, -0.05) is 18.2 Å². The average Bonchev–Trinajstić information content (AvgIpc) is 3.34. The number of likely N-dealkylation sites (tertiary alicyclic amines) is 1. The Morgan fingerprint density at radius 1 is 1.33 bits per heavy atom. The fraction of sp³-hybridized carbons (Fsp3) is 0.421. The number of hydrogen-bond acceptors (Lipinski definition) is 4. The van der Waals surface area contributed by atoms with Gasteiger partial charge in [0.25, 0.3) is 0 Å². The predicted molar refractivity (Wildman–Crippen MR) is 92.9 cm³/mol. The lowest BCUT2D eigenvalue weighted by Crippen LogP contribution is -2.39. The summed E-state index contributed by atoms with van der Waals surface area (Å²) in [6.45, 7) is 0.789. The summed E-state index contributed by atoms with van der Waals surface area (Å²) in [5.41, 5.74) is 1.16. The number of nitrogens with zero attached hydrogens (tertiary/aromatic N) is 1. The monoisotopic (exact) mass is 343 g/mol. The van der Waals surface area contributed by atoms with Crippen molar-refractivity contribution in [3.8, 4) is 0 Å². The molecule has 1 amide bonds. The standard InChI is InChI=1S/C19H21NO3S/c21-16(17-7-4-10-23-17)11-13-5-3-9-20(13)19(22)15-12-24-18-8-2-1-6-14(15)18/h1-2,4,6-8,10,13,15-16,21H,3,5,9,11-12H2. The zero-order chi connectivity index (χ0) is 16.5. The Balaban J connectivity index is 1.48. The molecule has 3 unspecified atom stereocenters. The molecule has 1 aromatic carbocycles. The highest BCUT2D eigenvalue weighted by molar-refractivity contribution is 7.99. The molecule has 4 nitrogen and oxygen atoms in total. The third kappa shape index (κ3) is 2.87. The first-order valence-electron chi connectivity index (χ1n) is 8.47. The lowest BCUT2D eigenvalue weighted by molar-refractivity contribution is -0.133. The maximum Gasteiger partial charge on any atom is 0.231 e. The van der Waals surface area contributed by atoms with Gasteiger partial charge in [-0.25, -0.2) is 0 Å². The summed E-state index contributed by atoms with van der Waals surface area (Å²) < 4.78 is 5.29. The van der Waals surface area contributed by atoms with E-state index in [9.17, 15) is 9.90 Å². The van der Waals surface area contributed by atoms with Crippen LogP contribution in [-0.4, -0.2) is 34.3 Å². The molecule has 0 radical (unpaired) electrons. The van der Waals surface area contributed by atoms with Crippen LogP contribution < -0.4 is 0 Å². The first-order valence-corrected chi connectivity index (χ1v) is 9.46. The van der Waals surface area contributed by atoms with Crippen LogP contribution in [0.2, 0.25) is 0 Å². The molecule has 1 aromatic heterocycles. The highest BCUT2D eigenvalue weighted by atomic mass is 32.2. The number of carbonyl (C=O) groups excluding carboxylic acids is 1. The minimum atomic E-state index is -0.649. The molecule has 2 aliphatic heterocycles. The van der Waals surface area contributed by atoms with Crippen molar-refractivity contribution in [1.82, 2.24) is 4.90 Å². The van der Waals surface area contributed by atoms with Crippen molar-refractivity contribution in [2.24, 2.45) is 0 Å². The van der Waals surface area contributed by atoms with E-state index < -0.39 is 6.10 Å². The van der Waals surface area contributed by atoms with Crippen molar-refractivity contribution in [3.05, 3.63) is 54.0 Å². The topological polar surface area (TPSA) is 53.7 Å². The van der Waals surface area contributed by atoms with Crippen LogP contribution in [0.25, 0.3) is 0 Å². The van der Waals surface area contributed by atoms with Crippen LogP contribution in [0.5, 0.6) is 0 Å². The van der Waals surface area contributed by atoms with E-state index in [-0.39, 0.29) is 17.9 Å². The van der Waals surface area contributed by atoms with Gasteiger partial charge in [0.15, 0.2) is 0 Å². The highest BCUT2D eigenvalue weighted by Crippen LogP contribution is 2.41. The van der Waals surface area contributed by atoms with Gasteiger partial charge in [-0.05, 0) is 36.6 Å². The third-order valence-electron chi connectivity index (χ3n) is 5.03. The van der Waals surface area contributed by atoms with Gasteiger partial charge in [0.1, 0.15) is 11.9 Å². The van der Waals surface area contributed by atoms with E-state index in [1.54, 1.807) is 30.2 Å². The molecule has 1 N–H and O–H groups in total. The van der Waals surface area contributed by atoms with E-state index in [0.29, 0.717) is 12.2 Å². The first-order chi connectivity index (χ1) is 11.7. The average molecular weight is 343 g/mol. The maximum atomic E-state index is 13.1. The van der Waals surface area contributed by atoms with E-state index in [2.05, 4.69) is 12.1 Å². The van der Waals surface area contributed by atoms with E-state index in [1.807, 2.05) is 17.0 Å². The summed E-state index contributed by atoms with van der Waals surface area (Å²) >= 11 is 1.76. The molecule has 4 rings (SSSR count). The zero-order valence-electron chi connectivity index (χ0n) is 13.4. The van der Waals surface area contributed by atoms with E-state index in [0.717, 1.165) is 30.7 Å². The summed E-state index contributed by atoms with van der Waals surface area (Å²) in [5, 5.41) is 10.4. The SMILES string of the molecule is O=C(C1CSc2ccccc21)N1CCCC1CC(O)c1ccco1. The van der Waals surface area contributed by atoms with Crippen molar-refractivity contribution in [2.75, 3.05) is 12.3 Å². The summed E-state index contributed by atoms with van der Waals surface area (Å²) in [7, 11) is 0. The Kier molecular flexibility index (Phi) is 4.37. The second-order valence-electron chi connectivity index (χ2n) is 6.50. The Hall–Kier alpha value is -1.72. The third-order valence-corrected chi connectivity index (χ3v) is 6.21. The van der Waals surface area contributed by atoms with Gasteiger partial charge >= 0.3 is 0 Å². The lowest BCUT2D eigenvalue weighted by atomic mass is 9.98. The number of thioether (sulfide) groups is 1. The number of benzene rings is 1. The zero-order valence-corrected chi connectivity index (χ0v) is 14.2. The van der Waals surface area contributed by atoms with Crippen LogP contribution in [0, 0.1) is 0 Å². The van der Waals surface area contributed by atoms with Crippen molar-refractivity contribution in [1.29, 1.82) is 0 Å². The molecular formula is C19H21NO3S. The van der Waals surface area contributed by atoms with Crippen LogP contribution in [0.1, 0.15) is 42.6 Å². The number of furan rings is 1. The van der Waals surface area contributed by atoms with Crippen molar-refractivity contribution in [3.63, 3.8) is 0 Å². The van der Waals surface area contributed by atoms with Crippen LogP contribution in [0.15, 0.2) is 52.0 Å². The molecule has 3 atom stereocenters. The number of carbonyl (C=O) groups is 1. The summed E-state index contributed by atoms with van der Waals surface area (Å²) in [6, 6.07) is 11.9. The number of hydrogen-bond donors (Lipinski definition) is 1. The van der Waals surface area contributed by atoms with E-state index >= 15 is 0 Å². The molecule has 0 aliphatic carbocycles. The molecule has 2 aromatic rings. The van der Waals surface area contributed by atoms with Crippen LogP contribution in [0.4, 0.5) is 0 Å². The van der Waals surface area contributed by atoms with Gasteiger partial charge in [0.2, 0.25) is 5.91 Å². The number of rotatable bonds is 4. The minimum absolute atomic E-state index is 0.0486. The van der Waals surface area contributed by atoms with Crippen LogP contribution in [0.3, 0.4) is 0 Å². The van der Waals surface area contributed by atoms with Crippen molar-refractivity contribution >= 4 is 17.7 Å². The Morgan fingerprint density at radius 2 is 2.21 bits per heavy atom. The predicted octanol–water partition coefficient (Wildman–Crippen LogP) is 3.58. The molecule has 0 saturated carbocycles. The molecule has 1 saturated heterocycles. The van der Waals surface area contributed by atoms with Crippen molar-refractivity contribution in [2.45, 2.75) is 42.2 Å². The quantitative estimate of drug-likeness (QED) is 0.922. The summed E-state index contributed by atoms with van der Waals surface area (Å²) in [5.74, 6) is 1.56. The molecule has 24 heavy (non-hydrogen) atoms. The molecule has 5 heteroatoms. The van der Waals surface area contributed by atoms with Gasteiger partial charge < -0.3 is 14.4 Å². The van der Waals surface area contributed by atoms with Crippen LogP contribution >= 0.6 is 11.8 Å². The van der Waals surface area contributed by atoms with Gasteiger partial charge in [0.05, 0.1) is 12.2 Å². The van der Waals surface area contributed by atoms with Crippen LogP contribution in [-0.2, 0) is 4.79 Å². The normalized spacial score (nSPS) is 24.1. The minimum Gasteiger partial charge on any atom is -0.467 e. The summed E-state index contributed by atoms with van der Waals surface area (Å²) in [6.07, 6.45) is 3.42. The Bertz CT molecular complexity index is 715. The Labute approximate surface area is 145 Å². The maximum absolute atomic E-state index is 13.1. The van der Waals surface area contributed by atoms with Gasteiger partial charge in [-0.15, -0.1) is 11.8 Å². The van der Waals surface area contributed by atoms with Gasteiger partial charge in [-0.3, -0.25) is 4.79 Å². The summed E-state index contributed by atoms with van der Waals surface area (Å²) in [4.78, 5) is 16.3. The lowest BCUT2D eigenvalue weighted by Gasteiger charge is -2.28. The van der Waals surface area contributed by atoms with E-state index in [1.165, 1.54) is 4.90 Å². The highest BCUT2D eigenvalue weighted by Gasteiger charge is 2.37. The largest absolute Gasteiger partial charge is 0.467 e. The molecule has 126 valence electrons. The fourth-order valence-corrected chi connectivity index (χ4v) is 5.01. The number of aliphatic hydroxyl groups is 1. The number of amides is 1. The molecular weight excluding hydrogens is 322 g/mol. The first kappa shape index (κ1) is 15.8. The number of fused-ring (bicyclic) bond motifs is 1. The number of aliphatic hydroxyl groups excluding tert-OH is 1. The second kappa shape index (κ2) is 6.65. The molecule has 0 spiro atoms. The molecule has 3 heterocycles. The molecule has 1 fully saturated rings. The second-order valence-corrected chi connectivity index (χ2v) is 7.56. The smallest absolute Gasteiger partial charge is 0.231 e.